The van der Waals surface area contributed by atoms with Crippen molar-refractivity contribution >= 4 is 11.9 Å². The summed E-state index contributed by atoms with van der Waals surface area (Å²) in [5.74, 6) is -1.73. The number of hydrogen-bond donors (Lipinski definition) is 4. The molecule has 0 fully saturated rings. The van der Waals surface area contributed by atoms with Crippen molar-refractivity contribution in [1.82, 2.24) is 4.90 Å². The Balaban J connectivity index is 1.60. The van der Waals surface area contributed by atoms with Crippen LogP contribution in [0, 0.1) is 0 Å². The number of phenols is 2. The fourth-order valence-electron chi connectivity index (χ4n) is 5.38. The largest absolute Gasteiger partial charge is 0.508 e. The summed E-state index contributed by atoms with van der Waals surface area (Å²) in [6, 6.07) is 5.80. The standard InChI is InChI=1S/C31H37NO7/c1-18(2)8-5-9-19(3)10-7-13-31(4)26(35)16-23-25(34)15-22-24(28(23)39-31)17-32(29(22)36)27(30(37)38)20-11-6-12-21(33)14-20/h6,8,10-12,14-15,26-27,33-35H,5,7,9,13,16-17H2,1-4H3,(H,37,38)/b19-10+. The number of rotatable bonds is 9. The van der Waals surface area contributed by atoms with Crippen molar-refractivity contribution in [3.8, 4) is 17.2 Å². The van der Waals surface area contributed by atoms with E-state index in [9.17, 15) is 30.0 Å². The number of aliphatic carboxylic acids is 1. The van der Waals surface area contributed by atoms with Crippen LogP contribution in [-0.2, 0) is 17.8 Å². The van der Waals surface area contributed by atoms with Crippen LogP contribution in [0.4, 0.5) is 0 Å². The molecule has 2 aromatic rings. The zero-order valence-corrected chi connectivity index (χ0v) is 22.9. The Kier molecular flexibility index (Phi) is 8.07. The Morgan fingerprint density at radius 2 is 1.90 bits per heavy atom. The number of fused-ring (bicyclic) bond motifs is 3. The number of nitrogens with zero attached hydrogens (tertiary/aromatic N) is 1. The highest BCUT2D eigenvalue weighted by molar-refractivity contribution is 6.02. The predicted molar refractivity (Wildman–Crippen MR) is 147 cm³/mol. The first-order valence-corrected chi connectivity index (χ1v) is 13.3. The van der Waals surface area contributed by atoms with Gasteiger partial charge in [0.15, 0.2) is 6.04 Å². The second-order valence-electron chi connectivity index (χ2n) is 11.0. The Morgan fingerprint density at radius 3 is 2.56 bits per heavy atom. The van der Waals surface area contributed by atoms with Gasteiger partial charge in [0.2, 0.25) is 0 Å². The minimum atomic E-state index is -1.34. The summed E-state index contributed by atoms with van der Waals surface area (Å²) in [6.45, 7) is 8.03. The van der Waals surface area contributed by atoms with Gasteiger partial charge in [0.1, 0.15) is 22.8 Å². The zero-order chi connectivity index (χ0) is 28.5. The Hall–Kier alpha value is -3.78. The molecular formula is C31H37NO7. The number of amides is 1. The van der Waals surface area contributed by atoms with Gasteiger partial charge in [0.25, 0.3) is 5.91 Å². The number of aromatic hydroxyl groups is 2. The molecule has 3 atom stereocenters. The van der Waals surface area contributed by atoms with Crippen LogP contribution < -0.4 is 4.74 Å². The third-order valence-corrected chi connectivity index (χ3v) is 7.68. The van der Waals surface area contributed by atoms with E-state index in [1.165, 1.54) is 40.3 Å². The van der Waals surface area contributed by atoms with Gasteiger partial charge in [0, 0.05) is 17.5 Å². The summed E-state index contributed by atoms with van der Waals surface area (Å²) >= 11 is 0. The zero-order valence-electron chi connectivity index (χ0n) is 22.9. The minimum absolute atomic E-state index is 0.0427. The van der Waals surface area contributed by atoms with Crippen molar-refractivity contribution in [3.63, 3.8) is 0 Å². The summed E-state index contributed by atoms with van der Waals surface area (Å²) in [5, 5.41) is 41.7. The predicted octanol–water partition coefficient (Wildman–Crippen LogP) is 5.41. The molecule has 0 aromatic heterocycles. The highest BCUT2D eigenvalue weighted by Gasteiger charge is 2.46. The second-order valence-corrected chi connectivity index (χ2v) is 11.0. The van der Waals surface area contributed by atoms with Crippen molar-refractivity contribution in [2.45, 2.75) is 84.1 Å². The molecule has 0 saturated carbocycles. The van der Waals surface area contributed by atoms with Gasteiger partial charge in [-0.2, -0.15) is 0 Å². The Bertz CT molecular complexity index is 1340. The highest BCUT2D eigenvalue weighted by atomic mass is 16.5. The molecule has 0 saturated heterocycles. The van der Waals surface area contributed by atoms with Gasteiger partial charge in [-0.25, -0.2) is 4.79 Å². The van der Waals surface area contributed by atoms with Crippen LogP contribution in [0.3, 0.4) is 0 Å². The molecule has 0 bridgehead atoms. The van der Waals surface area contributed by atoms with Crippen LogP contribution in [0.25, 0.3) is 0 Å². The van der Waals surface area contributed by atoms with Crippen LogP contribution in [0.5, 0.6) is 17.2 Å². The third-order valence-electron chi connectivity index (χ3n) is 7.68. The molecule has 2 aliphatic rings. The summed E-state index contributed by atoms with van der Waals surface area (Å²) in [4.78, 5) is 26.9. The SMILES string of the molecule is CC(C)=CCC/C(C)=C/CCC1(C)Oc2c(c(O)cc3c2CN(C(C(=O)O)c2cccc(O)c2)C3=O)CC1O. The fourth-order valence-corrected chi connectivity index (χ4v) is 5.38. The lowest BCUT2D eigenvalue weighted by Gasteiger charge is -2.41. The molecule has 0 radical (unpaired) electrons. The summed E-state index contributed by atoms with van der Waals surface area (Å²) < 4.78 is 6.40. The Labute approximate surface area is 228 Å². The van der Waals surface area contributed by atoms with Crippen molar-refractivity contribution in [3.05, 3.63) is 75.9 Å². The van der Waals surface area contributed by atoms with Crippen LogP contribution in [0.1, 0.15) is 86.5 Å². The molecule has 208 valence electrons. The number of carboxylic acid groups (broad SMARTS) is 1. The molecular weight excluding hydrogens is 498 g/mol. The first kappa shape index (κ1) is 28.2. The number of phenolic OH excluding ortho intramolecular Hbond substituents is 2. The van der Waals surface area contributed by atoms with Crippen molar-refractivity contribution in [1.29, 1.82) is 0 Å². The maximum Gasteiger partial charge on any atom is 0.331 e. The van der Waals surface area contributed by atoms with Crippen LogP contribution in [0.2, 0.25) is 0 Å². The molecule has 4 rings (SSSR count). The first-order chi connectivity index (χ1) is 18.4. The van der Waals surface area contributed by atoms with E-state index >= 15 is 0 Å². The monoisotopic (exact) mass is 535 g/mol. The van der Waals surface area contributed by atoms with Gasteiger partial charge in [-0.1, -0.05) is 35.4 Å². The van der Waals surface area contributed by atoms with Gasteiger partial charge < -0.3 is 30.1 Å². The molecule has 1 amide bonds. The number of ether oxygens (including phenoxy) is 1. The summed E-state index contributed by atoms with van der Waals surface area (Å²) in [6.07, 6.45) is 6.78. The number of hydrogen-bond acceptors (Lipinski definition) is 6. The van der Waals surface area contributed by atoms with E-state index < -0.39 is 29.6 Å². The van der Waals surface area contributed by atoms with E-state index in [1.807, 2.05) is 6.92 Å². The molecule has 3 unspecified atom stereocenters. The van der Waals surface area contributed by atoms with Crippen molar-refractivity contribution < 1.29 is 34.8 Å². The average molecular weight is 536 g/mol. The van der Waals surface area contributed by atoms with Crippen molar-refractivity contribution in [2.24, 2.45) is 0 Å². The van der Waals surface area contributed by atoms with Crippen molar-refractivity contribution in [2.75, 3.05) is 0 Å². The molecule has 4 N–H and O–H groups in total. The number of carbonyl (C=O) groups excluding carboxylic acids is 1. The maximum atomic E-state index is 13.4. The number of aliphatic hydroxyl groups excluding tert-OH is 1. The lowest BCUT2D eigenvalue weighted by atomic mass is 9.84. The average Bonchev–Trinajstić information content (AvgIpc) is 3.16. The Morgan fingerprint density at radius 1 is 1.15 bits per heavy atom. The van der Waals surface area contributed by atoms with Gasteiger partial charge in [-0.05, 0) is 77.1 Å². The van der Waals surface area contributed by atoms with E-state index in [2.05, 4.69) is 32.9 Å². The van der Waals surface area contributed by atoms with Crippen LogP contribution in [-0.4, -0.2) is 48.9 Å². The maximum absolute atomic E-state index is 13.4. The number of benzene rings is 2. The molecule has 8 heteroatoms. The number of carboxylic acids is 1. The van der Waals surface area contributed by atoms with E-state index in [0.717, 1.165) is 12.8 Å². The van der Waals surface area contributed by atoms with Gasteiger partial charge in [-0.3, -0.25) is 4.79 Å². The minimum Gasteiger partial charge on any atom is -0.508 e. The topological polar surface area (TPSA) is 128 Å². The molecule has 2 aliphatic heterocycles. The molecule has 2 aromatic carbocycles. The van der Waals surface area contributed by atoms with E-state index in [1.54, 1.807) is 6.07 Å². The van der Waals surface area contributed by atoms with Gasteiger partial charge in [-0.15, -0.1) is 0 Å². The molecule has 39 heavy (non-hydrogen) atoms. The fraction of sp³-hybridized carbons (Fsp3) is 0.419. The number of carbonyl (C=O) groups is 2. The normalized spacial score (nSPS) is 21.2. The van der Waals surface area contributed by atoms with E-state index in [0.29, 0.717) is 29.7 Å². The smallest absolute Gasteiger partial charge is 0.331 e. The first-order valence-electron chi connectivity index (χ1n) is 13.3. The lowest BCUT2D eigenvalue weighted by Crippen LogP contribution is -2.49. The summed E-state index contributed by atoms with van der Waals surface area (Å²) in [5.41, 5.74) is 2.92. The van der Waals surface area contributed by atoms with Crippen LogP contribution >= 0.6 is 0 Å². The number of aliphatic hydroxyl groups is 1. The molecule has 8 nitrogen and oxygen atoms in total. The van der Waals surface area contributed by atoms with Gasteiger partial charge in [0.05, 0.1) is 18.2 Å². The van der Waals surface area contributed by atoms with Crippen LogP contribution in [0.15, 0.2) is 53.6 Å². The molecule has 0 aliphatic carbocycles. The van der Waals surface area contributed by atoms with E-state index in [-0.39, 0.29) is 35.6 Å². The molecule has 2 heterocycles. The molecule has 0 spiro atoms. The second kappa shape index (κ2) is 11.1. The quantitative estimate of drug-likeness (QED) is 0.316. The number of allylic oxidation sites excluding steroid dienone is 4. The van der Waals surface area contributed by atoms with Gasteiger partial charge >= 0.3 is 5.97 Å². The lowest BCUT2D eigenvalue weighted by molar-refractivity contribution is -0.142. The third kappa shape index (κ3) is 5.81. The van der Waals surface area contributed by atoms with E-state index in [4.69, 9.17) is 4.74 Å². The summed E-state index contributed by atoms with van der Waals surface area (Å²) in [7, 11) is 0. The highest BCUT2D eigenvalue weighted by Crippen LogP contribution is 2.47.